The van der Waals surface area contributed by atoms with Crippen LogP contribution in [0.5, 0.6) is 5.75 Å². The van der Waals surface area contributed by atoms with Gasteiger partial charge in [0.05, 0.1) is 10.6 Å². The molecule has 0 unspecified atom stereocenters. The Balaban J connectivity index is 1.64. The van der Waals surface area contributed by atoms with Crippen molar-refractivity contribution in [1.82, 2.24) is 5.32 Å². The first-order valence-electron chi connectivity index (χ1n) is 8.02. The highest BCUT2D eigenvalue weighted by Gasteiger charge is 2.30. The number of halogens is 1. The Morgan fingerprint density at radius 2 is 2.00 bits per heavy atom. The number of ether oxygens (including phenoxy) is 1. The maximum atomic E-state index is 10.6. The SMILES string of the molecule is OC1(COc2c(Cl)cccc2CNC2CC2)CCCCC1. The highest BCUT2D eigenvalue weighted by Crippen LogP contribution is 2.33. The molecule has 1 aromatic rings. The molecule has 2 saturated carbocycles. The van der Waals surface area contributed by atoms with Gasteiger partial charge in [-0.3, -0.25) is 0 Å². The third kappa shape index (κ3) is 4.12. The van der Waals surface area contributed by atoms with Crippen LogP contribution < -0.4 is 10.1 Å². The number of para-hydroxylation sites is 1. The van der Waals surface area contributed by atoms with Crippen LogP contribution in [0.25, 0.3) is 0 Å². The van der Waals surface area contributed by atoms with E-state index in [1.165, 1.54) is 19.3 Å². The fourth-order valence-corrected chi connectivity index (χ4v) is 3.21. The number of hydrogen-bond donors (Lipinski definition) is 2. The van der Waals surface area contributed by atoms with Crippen LogP contribution in [0, 0.1) is 0 Å². The van der Waals surface area contributed by atoms with E-state index in [0.29, 0.717) is 17.7 Å². The number of benzene rings is 1. The fraction of sp³-hybridized carbons (Fsp3) is 0.647. The second-order valence-electron chi connectivity index (χ2n) is 6.46. The normalized spacial score (nSPS) is 21.2. The van der Waals surface area contributed by atoms with Gasteiger partial charge in [-0.05, 0) is 31.7 Å². The Labute approximate surface area is 131 Å². The number of hydrogen-bond acceptors (Lipinski definition) is 3. The third-order valence-electron chi connectivity index (χ3n) is 4.48. The smallest absolute Gasteiger partial charge is 0.142 e. The molecule has 0 spiro atoms. The number of nitrogens with one attached hydrogen (secondary N) is 1. The second kappa shape index (κ2) is 6.55. The van der Waals surface area contributed by atoms with Crippen molar-refractivity contribution in [2.24, 2.45) is 0 Å². The quantitative estimate of drug-likeness (QED) is 0.842. The molecule has 1 aromatic carbocycles. The summed E-state index contributed by atoms with van der Waals surface area (Å²) in [5.41, 5.74) is 0.396. The van der Waals surface area contributed by atoms with Gasteiger partial charge >= 0.3 is 0 Å². The summed E-state index contributed by atoms with van der Waals surface area (Å²) in [4.78, 5) is 0. The van der Waals surface area contributed by atoms with Crippen molar-refractivity contribution in [3.8, 4) is 5.75 Å². The van der Waals surface area contributed by atoms with Crippen molar-refractivity contribution < 1.29 is 9.84 Å². The van der Waals surface area contributed by atoms with Crippen molar-refractivity contribution in [3.05, 3.63) is 28.8 Å². The van der Waals surface area contributed by atoms with Crippen LogP contribution in [0.2, 0.25) is 5.02 Å². The maximum absolute atomic E-state index is 10.6. The molecule has 0 aliphatic heterocycles. The first kappa shape index (κ1) is 15.1. The molecule has 2 aliphatic carbocycles. The monoisotopic (exact) mass is 309 g/mol. The summed E-state index contributed by atoms with van der Waals surface area (Å²) < 4.78 is 5.94. The van der Waals surface area contributed by atoms with Crippen LogP contribution in [-0.4, -0.2) is 23.4 Å². The molecule has 116 valence electrons. The highest BCUT2D eigenvalue weighted by molar-refractivity contribution is 6.32. The van der Waals surface area contributed by atoms with Crippen molar-refractivity contribution in [1.29, 1.82) is 0 Å². The molecule has 0 amide bonds. The van der Waals surface area contributed by atoms with E-state index in [9.17, 15) is 5.11 Å². The molecule has 4 heteroatoms. The van der Waals surface area contributed by atoms with E-state index in [1.807, 2.05) is 18.2 Å². The Kier molecular flexibility index (Phi) is 4.72. The lowest BCUT2D eigenvalue weighted by atomic mass is 9.85. The minimum Gasteiger partial charge on any atom is -0.489 e. The average Bonchev–Trinajstić information content (AvgIpc) is 3.29. The van der Waals surface area contributed by atoms with E-state index in [-0.39, 0.29) is 0 Å². The molecule has 3 rings (SSSR count). The van der Waals surface area contributed by atoms with E-state index < -0.39 is 5.60 Å². The lowest BCUT2D eigenvalue weighted by molar-refractivity contribution is -0.0340. The molecule has 2 fully saturated rings. The fourth-order valence-electron chi connectivity index (χ4n) is 2.96. The number of aliphatic hydroxyl groups is 1. The lowest BCUT2D eigenvalue weighted by Gasteiger charge is -2.32. The van der Waals surface area contributed by atoms with Gasteiger partial charge in [0.25, 0.3) is 0 Å². The summed E-state index contributed by atoms with van der Waals surface area (Å²) in [6, 6.07) is 6.50. The molecule has 2 aliphatic rings. The van der Waals surface area contributed by atoms with Gasteiger partial charge in [-0.25, -0.2) is 0 Å². The van der Waals surface area contributed by atoms with Gasteiger partial charge in [0.2, 0.25) is 0 Å². The molecule has 0 atom stereocenters. The van der Waals surface area contributed by atoms with E-state index >= 15 is 0 Å². The Morgan fingerprint density at radius 1 is 1.24 bits per heavy atom. The molecule has 0 heterocycles. The molecule has 0 bridgehead atoms. The summed E-state index contributed by atoms with van der Waals surface area (Å²) in [7, 11) is 0. The van der Waals surface area contributed by atoms with Gasteiger partial charge in [0.1, 0.15) is 12.4 Å². The predicted octanol–water partition coefficient (Wildman–Crippen LogP) is 3.67. The minimum atomic E-state index is -0.682. The molecule has 21 heavy (non-hydrogen) atoms. The zero-order valence-electron chi connectivity index (χ0n) is 12.4. The minimum absolute atomic E-state index is 0.340. The molecule has 3 nitrogen and oxygen atoms in total. The maximum Gasteiger partial charge on any atom is 0.142 e. The summed E-state index contributed by atoms with van der Waals surface area (Å²) in [5.74, 6) is 0.728. The molecule has 0 radical (unpaired) electrons. The van der Waals surface area contributed by atoms with Crippen LogP contribution in [0.1, 0.15) is 50.5 Å². The molecule has 0 saturated heterocycles. The van der Waals surface area contributed by atoms with Gasteiger partial charge in [0, 0.05) is 18.2 Å². The molecule has 2 N–H and O–H groups in total. The summed E-state index contributed by atoms with van der Waals surface area (Å²) in [6.07, 6.45) is 7.55. The second-order valence-corrected chi connectivity index (χ2v) is 6.86. The van der Waals surface area contributed by atoms with E-state index in [2.05, 4.69) is 5.32 Å². The summed E-state index contributed by atoms with van der Waals surface area (Å²) in [5, 5.41) is 14.7. The van der Waals surface area contributed by atoms with Crippen LogP contribution >= 0.6 is 11.6 Å². The first-order chi connectivity index (χ1) is 10.2. The van der Waals surface area contributed by atoms with Gasteiger partial charge in [-0.2, -0.15) is 0 Å². The summed E-state index contributed by atoms with van der Waals surface area (Å²) in [6.45, 7) is 1.12. The average molecular weight is 310 g/mol. The van der Waals surface area contributed by atoms with E-state index in [0.717, 1.165) is 43.5 Å². The predicted molar refractivity (Wildman–Crippen MR) is 84.8 cm³/mol. The summed E-state index contributed by atoms with van der Waals surface area (Å²) >= 11 is 6.29. The molecule has 0 aromatic heterocycles. The zero-order chi connectivity index (χ0) is 14.7. The standard InChI is InChI=1S/C17H24ClNO2/c18-15-6-4-5-13(11-19-14-7-8-14)16(15)21-12-17(20)9-2-1-3-10-17/h4-6,14,19-20H,1-3,7-12H2. The van der Waals surface area contributed by atoms with Crippen LogP contribution in [0.4, 0.5) is 0 Å². The van der Waals surface area contributed by atoms with Crippen molar-refractivity contribution in [3.63, 3.8) is 0 Å². The van der Waals surface area contributed by atoms with Crippen LogP contribution in [0.3, 0.4) is 0 Å². The Hall–Kier alpha value is -0.770. The van der Waals surface area contributed by atoms with Crippen molar-refractivity contribution in [2.45, 2.75) is 63.1 Å². The number of rotatable bonds is 6. The van der Waals surface area contributed by atoms with Crippen LogP contribution in [-0.2, 0) is 6.54 Å². The molecular weight excluding hydrogens is 286 g/mol. The third-order valence-corrected chi connectivity index (χ3v) is 4.77. The van der Waals surface area contributed by atoms with Crippen LogP contribution in [0.15, 0.2) is 18.2 Å². The first-order valence-corrected chi connectivity index (χ1v) is 8.40. The van der Waals surface area contributed by atoms with Crippen molar-refractivity contribution >= 4 is 11.6 Å². The molecular formula is C17H24ClNO2. The van der Waals surface area contributed by atoms with Crippen molar-refractivity contribution in [2.75, 3.05) is 6.61 Å². The van der Waals surface area contributed by atoms with E-state index in [1.54, 1.807) is 0 Å². The topological polar surface area (TPSA) is 41.5 Å². The highest BCUT2D eigenvalue weighted by atomic mass is 35.5. The van der Waals surface area contributed by atoms with Gasteiger partial charge < -0.3 is 15.2 Å². The lowest BCUT2D eigenvalue weighted by Crippen LogP contribution is -2.38. The van der Waals surface area contributed by atoms with Gasteiger partial charge in [0.15, 0.2) is 0 Å². The van der Waals surface area contributed by atoms with Gasteiger partial charge in [-0.1, -0.05) is 43.0 Å². The van der Waals surface area contributed by atoms with E-state index in [4.69, 9.17) is 16.3 Å². The Morgan fingerprint density at radius 3 is 2.71 bits per heavy atom. The largest absolute Gasteiger partial charge is 0.489 e. The van der Waals surface area contributed by atoms with Gasteiger partial charge in [-0.15, -0.1) is 0 Å². The Bertz CT molecular complexity index is 482. The zero-order valence-corrected chi connectivity index (χ0v) is 13.2.